The highest BCUT2D eigenvalue weighted by molar-refractivity contribution is 7.92. The number of carbonyl (C=O) groups is 1. The lowest BCUT2D eigenvalue weighted by atomic mass is 10.1. The minimum Gasteiger partial charge on any atom is -0.324 e. The fourth-order valence-electron chi connectivity index (χ4n) is 2.88. The number of carbonyl (C=O) groups excluding carboxylic acids is 1. The molecule has 0 aliphatic heterocycles. The zero-order chi connectivity index (χ0) is 20.9. The number of nitriles is 1. The molecule has 0 aliphatic carbocycles. The van der Waals surface area contributed by atoms with E-state index in [1.165, 1.54) is 0 Å². The maximum absolute atomic E-state index is 12.9. The summed E-state index contributed by atoms with van der Waals surface area (Å²) in [7, 11) is -3.74. The first-order valence-electron chi connectivity index (χ1n) is 8.69. The van der Waals surface area contributed by atoms with Gasteiger partial charge in [0, 0.05) is 10.7 Å². The van der Waals surface area contributed by atoms with Crippen molar-refractivity contribution in [2.24, 2.45) is 0 Å². The van der Waals surface area contributed by atoms with Crippen LogP contribution in [0.3, 0.4) is 0 Å². The molecule has 2 aromatic carbocycles. The van der Waals surface area contributed by atoms with E-state index in [4.69, 9.17) is 16.9 Å². The van der Waals surface area contributed by atoms with E-state index in [2.05, 4.69) is 11.4 Å². The van der Waals surface area contributed by atoms with Gasteiger partial charge in [0.1, 0.15) is 6.04 Å². The van der Waals surface area contributed by atoms with Crippen molar-refractivity contribution >= 4 is 38.9 Å². The third-order valence-corrected chi connectivity index (χ3v) is 5.64. The van der Waals surface area contributed by atoms with Gasteiger partial charge >= 0.3 is 0 Å². The summed E-state index contributed by atoms with van der Waals surface area (Å²) in [6.45, 7) is 3.51. The Morgan fingerprint density at radius 2 is 1.89 bits per heavy atom. The number of anilines is 2. The molecule has 0 aliphatic rings. The zero-order valence-corrected chi connectivity index (χ0v) is 17.5. The molecule has 0 unspecified atom stereocenters. The Balaban J connectivity index is 2.36. The molecule has 0 saturated heterocycles. The van der Waals surface area contributed by atoms with Gasteiger partial charge in [0.05, 0.1) is 24.4 Å². The highest BCUT2D eigenvalue weighted by Crippen LogP contribution is 2.29. The van der Waals surface area contributed by atoms with Crippen LogP contribution in [-0.4, -0.2) is 26.6 Å². The second kappa shape index (κ2) is 9.09. The number of hydrogen-bond donors (Lipinski definition) is 1. The fraction of sp³-hybridized carbons (Fsp3) is 0.300. The van der Waals surface area contributed by atoms with Crippen LogP contribution in [0.1, 0.15) is 24.5 Å². The van der Waals surface area contributed by atoms with Gasteiger partial charge in [-0.05, 0) is 48.7 Å². The van der Waals surface area contributed by atoms with Crippen molar-refractivity contribution in [2.75, 3.05) is 15.9 Å². The van der Waals surface area contributed by atoms with Gasteiger partial charge in [-0.1, -0.05) is 36.7 Å². The molecular formula is C20H22ClN3O3S. The van der Waals surface area contributed by atoms with E-state index in [1.807, 2.05) is 0 Å². The molecule has 0 spiro atoms. The Hall–Kier alpha value is -2.56. The molecule has 1 atom stereocenters. The number of amides is 1. The van der Waals surface area contributed by atoms with E-state index < -0.39 is 22.0 Å². The van der Waals surface area contributed by atoms with Crippen molar-refractivity contribution in [2.45, 2.75) is 32.7 Å². The molecule has 0 bridgehead atoms. The van der Waals surface area contributed by atoms with E-state index in [-0.39, 0.29) is 12.8 Å². The van der Waals surface area contributed by atoms with Crippen LogP contribution < -0.4 is 9.62 Å². The molecule has 6 nitrogen and oxygen atoms in total. The van der Waals surface area contributed by atoms with Crippen molar-refractivity contribution in [3.63, 3.8) is 0 Å². The highest BCUT2D eigenvalue weighted by Gasteiger charge is 2.32. The van der Waals surface area contributed by atoms with Crippen molar-refractivity contribution in [1.82, 2.24) is 0 Å². The third-order valence-electron chi connectivity index (χ3n) is 4.24. The molecule has 2 aromatic rings. The van der Waals surface area contributed by atoms with Crippen LogP contribution in [-0.2, 0) is 21.2 Å². The third kappa shape index (κ3) is 5.24. The minimum atomic E-state index is -3.74. The summed E-state index contributed by atoms with van der Waals surface area (Å²) in [5.41, 5.74) is 2.43. The molecule has 1 N–H and O–H groups in total. The van der Waals surface area contributed by atoms with E-state index in [0.29, 0.717) is 22.0 Å². The molecule has 8 heteroatoms. The summed E-state index contributed by atoms with van der Waals surface area (Å²) in [6.07, 6.45) is 1.62. The number of nitrogens with zero attached hydrogens (tertiary/aromatic N) is 2. The van der Waals surface area contributed by atoms with Gasteiger partial charge in [-0.15, -0.1) is 0 Å². The van der Waals surface area contributed by atoms with Gasteiger partial charge in [0.15, 0.2) is 0 Å². The summed E-state index contributed by atoms with van der Waals surface area (Å²) in [5.74, 6) is -0.444. The van der Waals surface area contributed by atoms with Crippen molar-refractivity contribution in [3.05, 3.63) is 58.6 Å². The lowest BCUT2D eigenvalue weighted by Gasteiger charge is -2.31. The van der Waals surface area contributed by atoms with Crippen LogP contribution in [0.15, 0.2) is 42.5 Å². The first-order chi connectivity index (χ1) is 13.2. The Kier molecular flexibility index (Phi) is 7.05. The fourth-order valence-corrected chi connectivity index (χ4v) is 4.31. The molecule has 2 rings (SSSR count). The second-order valence-electron chi connectivity index (χ2n) is 6.43. The largest absolute Gasteiger partial charge is 0.324 e. The Morgan fingerprint density at radius 1 is 1.25 bits per heavy atom. The predicted octanol–water partition coefficient (Wildman–Crippen LogP) is 3.90. The molecule has 0 radical (unpaired) electrons. The Labute approximate surface area is 170 Å². The van der Waals surface area contributed by atoms with E-state index in [0.717, 1.165) is 16.1 Å². The summed E-state index contributed by atoms with van der Waals surface area (Å²) in [6, 6.07) is 12.9. The van der Waals surface area contributed by atoms with Crippen molar-refractivity contribution in [3.8, 4) is 6.07 Å². The summed E-state index contributed by atoms with van der Waals surface area (Å²) >= 11 is 6.06. The molecule has 0 heterocycles. The van der Waals surface area contributed by atoms with Crippen LogP contribution in [0.2, 0.25) is 5.02 Å². The molecule has 148 valence electrons. The maximum Gasteiger partial charge on any atom is 0.248 e. The first-order valence-corrected chi connectivity index (χ1v) is 10.9. The summed E-state index contributed by atoms with van der Waals surface area (Å²) < 4.78 is 26.2. The van der Waals surface area contributed by atoms with Gasteiger partial charge in [-0.25, -0.2) is 8.42 Å². The van der Waals surface area contributed by atoms with Gasteiger partial charge in [-0.3, -0.25) is 9.10 Å². The standard InChI is InChI=1S/C20H22ClN3O3S/c1-4-18(20(25)23-17-9-6-15(7-10-17)11-12-22)24(28(3,26)27)19-13-16(21)8-5-14(19)2/h5-10,13,18H,4,11H2,1-3H3,(H,23,25)/t18-/m1/s1. The van der Waals surface area contributed by atoms with Crippen molar-refractivity contribution < 1.29 is 13.2 Å². The maximum atomic E-state index is 12.9. The lowest BCUT2D eigenvalue weighted by Crippen LogP contribution is -2.47. The topological polar surface area (TPSA) is 90.3 Å². The second-order valence-corrected chi connectivity index (χ2v) is 8.73. The van der Waals surface area contributed by atoms with E-state index in [9.17, 15) is 13.2 Å². The van der Waals surface area contributed by atoms with Gasteiger partial charge in [-0.2, -0.15) is 5.26 Å². The number of hydrogen-bond acceptors (Lipinski definition) is 4. The summed E-state index contributed by atoms with van der Waals surface area (Å²) in [5, 5.41) is 11.9. The number of rotatable bonds is 7. The number of halogens is 1. The van der Waals surface area contributed by atoms with Gasteiger partial charge in [0.2, 0.25) is 15.9 Å². The number of aryl methyl sites for hydroxylation is 1. The van der Waals surface area contributed by atoms with Crippen LogP contribution in [0, 0.1) is 18.3 Å². The molecule has 0 saturated carbocycles. The molecule has 1 amide bonds. The normalized spacial score (nSPS) is 12.1. The summed E-state index contributed by atoms with van der Waals surface area (Å²) in [4.78, 5) is 12.9. The van der Waals surface area contributed by atoms with E-state index >= 15 is 0 Å². The zero-order valence-electron chi connectivity index (χ0n) is 15.9. The van der Waals surface area contributed by atoms with Crippen molar-refractivity contribution in [1.29, 1.82) is 5.26 Å². The Bertz CT molecular complexity index is 998. The predicted molar refractivity (Wildman–Crippen MR) is 112 cm³/mol. The number of sulfonamides is 1. The van der Waals surface area contributed by atoms with Crippen LogP contribution >= 0.6 is 11.6 Å². The van der Waals surface area contributed by atoms with Crippen LogP contribution in [0.4, 0.5) is 11.4 Å². The smallest absolute Gasteiger partial charge is 0.248 e. The van der Waals surface area contributed by atoms with Gasteiger partial charge in [0.25, 0.3) is 0 Å². The number of benzene rings is 2. The molecular weight excluding hydrogens is 398 g/mol. The lowest BCUT2D eigenvalue weighted by molar-refractivity contribution is -0.117. The monoisotopic (exact) mass is 419 g/mol. The average Bonchev–Trinajstić information content (AvgIpc) is 2.62. The van der Waals surface area contributed by atoms with E-state index in [1.54, 1.807) is 56.3 Å². The Morgan fingerprint density at radius 3 is 2.43 bits per heavy atom. The van der Waals surface area contributed by atoms with Crippen LogP contribution in [0.5, 0.6) is 0 Å². The SMILES string of the molecule is CC[C@H](C(=O)Nc1ccc(CC#N)cc1)N(c1cc(Cl)ccc1C)S(C)(=O)=O. The number of nitrogens with one attached hydrogen (secondary N) is 1. The first kappa shape index (κ1) is 21.7. The van der Waals surface area contributed by atoms with Crippen LogP contribution in [0.25, 0.3) is 0 Å². The highest BCUT2D eigenvalue weighted by atomic mass is 35.5. The minimum absolute atomic E-state index is 0.275. The molecule has 0 fully saturated rings. The average molecular weight is 420 g/mol. The molecule has 28 heavy (non-hydrogen) atoms. The molecule has 0 aromatic heterocycles. The van der Waals surface area contributed by atoms with Gasteiger partial charge < -0.3 is 5.32 Å². The quantitative estimate of drug-likeness (QED) is 0.736.